The summed E-state index contributed by atoms with van der Waals surface area (Å²) < 4.78 is 4.83. The lowest BCUT2D eigenvalue weighted by molar-refractivity contribution is 0.162. The first-order chi connectivity index (χ1) is 6.88. The molecule has 0 aliphatic heterocycles. The molecule has 0 bridgehead atoms. The highest BCUT2D eigenvalue weighted by atomic mass is 16.5. The van der Waals surface area contributed by atoms with Gasteiger partial charge >= 0.3 is 0 Å². The van der Waals surface area contributed by atoms with Gasteiger partial charge in [0.25, 0.3) is 0 Å². The highest BCUT2D eigenvalue weighted by molar-refractivity contribution is 5.30. The third-order valence-corrected chi connectivity index (χ3v) is 2.42. The molecule has 0 amide bonds. The average Bonchev–Trinajstić information content (AvgIpc) is 2.67. The predicted octanol–water partition coefficient (Wildman–Crippen LogP) is 3.22. The van der Waals surface area contributed by atoms with E-state index in [4.69, 9.17) is 4.74 Å². The molecule has 0 heterocycles. The van der Waals surface area contributed by atoms with E-state index in [1.165, 1.54) is 19.3 Å². The zero-order chi connectivity index (χ0) is 10.2. The first-order valence-corrected chi connectivity index (χ1v) is 5.53. The molecule has 1 heteroatoms. The van der Waals surface area contributed by atoms with E-state index in [-0.39, 0.29) is 0 Å². The summed E-state index contributed by atoms with van der Waals surface area (Å²) >= 11 is 0. The first kappa shape index (κ1) is 11.3. The van der Waals surface area contributed by atoms with E-state index in [1.54, 1.807) is 11.1 Å². The van der Waals surface area contributed by atoms with Crippen molar-refractivity contribution in [3.8, 4) is 0 Å². The second kappa shape index (κ2) is 6.61. The second-order valence-electron chi connectivity index (χ2n) is 3.40. The Hall–Kier alpha value is -0.820. The Morgan fingerprint density at radius 1 is 1.00 bits per heavy atom. The van der Waals surface area contributed by atoms with Crippen LogP contribution >= 0.6 is 0 Å². The lowest BCUT2D eigenvalue weighted by Gasteiger charge is -1.93. The Kier molecular flexibility index (Phi) is 5.31. The summed E-state index contributed by atoms with van der Waals surface area (Å²) in [5.74, 6) is 0. The van der Waals surface area contributed by atoms with Gasteiger partial charge in [0.2, 0.25) is 0 Å². The molecular weight excluding hydrogens is 172 g/mol. The third kappa shape index (κ3) is 3.51. The normalized spacial score (nSPS) is 13.0. The molecule has 78 valence electrons. The molecule has 0 aromatic heterocycles. The van der Waals surface area contributed by atoms with Crippen molar-refractivity contribution in [2.75, 3.05) is 13.2 Å². The van der Waals surface area contributed by atoms with Crippen molar-refractivity contribution in [1.29, 1.82) is 0 Å². The van der Waals surface area contributed by atoms with Crippen LogP contribution in [0.5, 0.6) is 0 Å². The molecule has 0 N–H and O–H groups in total. The van der Waals surface area contributed by atoms with E-state index < -0.39 is 0 Å². The van der Waals surface area contributed by atoms with Crippen molar-refractivity contribution in [2.45, 2.75) is 33.1 Å². The van der Waals surface area contributed by atoms with Crippen LogP contribution < -0.4 is 0 Å². The van der Waals surface area contributed by atoms with Gasteiger partial charge in [-0.1, -0.05) is 24.3 Å². The molecule has 1 nitrogen and oxygen atoms in total. The van der Waals surface area contributed by atoms with Crippen molar-refractivity contribution >= 4 is 0 Å². The number of rotatable bonds is 2. The lowest BCUT2D eigenvalue weighted by Crippen LogP contribution is -1.84. The topological polar surface area (TPSA) is 9.23 Å². The number of hydrogen-bond acceptors (Lipinski definition) is 1. The zero-order valence-electron chi connectivity index (χ0n) is 9.25. The molecule has 14 heavy (non-hydrogen) atoms. The largest absolute Gasteiger partial charge is 0.382 e. The number of aryl methyl sites for hydroxylation is 2. The van der Waals surface area contributed by atoms with E-state index in [0.29, 0.717) is 0 Å². The summed E-state index contributed by atoms with van der Waals surface area (Å²) in [4.78, 5) is 0. The quantitative estimate of drug-likeness (QED) is 0.699. The molecule has 2 rings (SSSR count). The van der Waals surface area contributed by atoms with Gasteiger partial charge in [-0.25, -0.2) is 0 Å². The van der Waals surface area contributed by atoms with Crippen LogP contribution in [0.1, 0.15) is 31.4 Å². The van der Waals surface area contributed by atoms with Crippen molar-refractivity contribution in [3.05, 3.63) is 35.4 Å². The van der Waals surface area contributed by atoms with Crippen molar-refractivity contribution in [3.63, 3.8) is 0 Å². The van der Waals surface area contributed by atoms with Crippen LogP contribution in [0, 0.1) is 0 Å². The monoisotopic (exact) mass is 192 g/mol. The minimum absolute atomic E-state index is 0.844. The van der Waals surface area contributed by atoms with Gasteiger partial charge in [-0.3, -0.25) is 0 Å². The maximum absolute atomic E-state index is 4.83. The summed E-state index contributed by atoms with van der Waals surface area (Å²) in [6, 6.07) is 8.74. The second-order valence-corrected chi connectivity index (χ2v) is 3.40. The van der Waals surface area contributed by atoms with E-state index in [2.05, 4.69) is 24.3 Å². The molecular formula is C13H20O. The van der Waals surface area contributed by atoms with Crippen LogP contribution in [0.3, 0.4) is 0 Å². The van der Waals surface area contributed by atoms with E-state index in [9.17, 15) is 0 Å². The van der Waals surface area contributed by atoms with Crippen LogP contribution in [0.2, 0.25) is 0 Å². The van der Waals surface area contributed by atoms with Crippen LogP contribution in [-0.4, -0.2) is 13.2 Å². The molecule has 0 saturated carbocycles. The fourth-order valence-electron chi connectivity index (χ4n) is 1.72. The Morgan fingerprint density at radius 2 is 1.50 bits per heavy atom. The van der Waals surface area contributed by atoms with Crippen molar-refractivity contribution in [1.82, 2.24) is 0 Å². The van der Waals surface area contributed by atoms with Gasteiger partial charge in [0.15, 0.2) is 0 Å². The molecule has 1 aromatic carbocycles. The summed E-state index contributed by atoms with van der Waals surface area (Å²) in [6.07, 6.45) is 3.96. The Labute approximate surface area is 87.1 Å². The summed E-state index contributed by atoms with van der Waals surface area (Å²) in [6.45, 7) is 5.67. The smallest absolute Gasteiger partial charge is 0.0437 e. The molecule has 0 fully saturated rings. The molecule has 1 aliphatic carbocycles. The van der Waals surface area contributed by atoms with Gasteiger partial charge in [0.05, 0.1) is 0 Å². The van der Waals surface area contributed by atoms with Crippen LogP contribution in [-0.2, 0) is 17.6 Å². The standard InChI is InChI=1S/C9H10.C4H10O/c1-2-5-9-7-3-6-8(9)4-1;1-3-5-4-2/h1-2,4-5H,3,6-7H2;3-4H2,1-2H3. The average molecular weight is 192 g/mol. The Bertz CT molecular complexity index is 230. The number of ether oxygens (including phenoxy) is 1. The minimum Gasteiger partial charge on any atom is -0.382 e. The van der Waals surface area contributed by atoms with Crippen LogP contribution in [0.4, 0.5) is 0 Å². The SMILES string of the molecule is CCOCC.c1ccc2c(c1)CCC2. The summed E-state index contributed by atoms with van der Waals surface area (Å²) in [5.41, 5.74) is 3.13. The molecule has 1 aliphatic rings. The van der Waals surface area contributed by atoms with Crippen LogP contribution in [0.15, 0.2) is 24.3 Å². The Morgan fingerprint density at radius 3 is 1.86 bits per heavy atom. The molecule has 0 atom stereocenters. The minimum atomic E-state index is 0.844. The van der Waals surface area contributed by atoms with Gasteiger partial charge in [-0.2, -0.15) is 0 Å². The molecule has 0 spiro atoms. The fraction of sp³-hybridized carbons (Fsp3) is 0.538. The lowest BCUT2D eigenvalue weighted by atomic mass is 10.1. The molecule has 0 radical (unpaired) electrons. The highest BCUT2D eigenvalue weighted by Crippen LogP contribution is 2.20. The highest BCUT2D eigenvalue weighted by Gasteiger charge is 2.07. The summed E-state index contributed by atoms with van der Waals surface area (Å²) in [5, 5.41) is 0. The predicted molar refractivity (Wildman–Crippen MR) is 60.6 cm³/mol. The molecule has 0 saturated heterocycles. The molecule has 0 unspecified atom stereocenters. The van der Waals surface area contributed by atoms with Gasteiger partial charge in [-0.15, -0.1) is 0 Å². The van der Waals surface area contributed by atoms with E-state index in [1.807, 2.05) is 13.8 Å². The van der Waals surface area contributed by atoms with Gasteiger partial charge in [0, 0.05) is 13.2 Å². The fourth-order valence-corrected chi connectivity index (χ4v) is 1.72. The van der Waals surface area contributed by atoms with Gasteiger partial charge in [0.1, 0.15) is 0 Å². The van der Waals surface area contributed by atoms with Gasteiger partial charge < -0.3 is 4.74 Å². The van der Waals surface area contributed by atoms with Crippen LogP contribution in [0.25, 0.3) is 0 Å². The number of hydrogen-bond donors (Lipinski definition) is 0. The number of benzene rings is 1. The third-order valence-electron chi connectivity index (χ3n) is 2.42. The zero-order valence-corrected chi connectivity index (χ0v) is 9.25. The van der Waals surface area contributed by atoms with Crippen molar-refractivity contribution in [2.24, 2.45) is 0 Å². The number of fused-ring (bicyclic) bond motifs is 1. The maximum atomic E-state index is 4.83. The Balaban J connectivity index is 0.000000171. The van der Waals surface area contributed by atoms with E-state index >= 15 is 0 Å². The van der Waals surface area contributed by atoms with Gasteiger partial charge in [-0.05, 0) is 44.2 Å². The van der Waals surface area contributed by atoms with Crippen molar-refractivity contribution < 1.29 is 4.74 Å². The first-order valence-electron chi connectivity index (χ1n) is 5.53. The van der Waals surface area contributed by atoms with E-state index in [0.717, 1.165) is 13.2 Å². The molecule has 1 aromatic rings. The maximum Gasteiger partial charge on any atom is 0.0437 e. The summed E-state index contributed by atoms with van der Waals surface area (Å²) in [7, 11) is 0.